The molecule has 0 unspecified atom stereocenters. The van der Waals surface area contributed by atoms with Crippen molar-refractivity contribution in [3.8, 4) is 0 Å². The van der Waals surface area contributed by atoms with Crippen LogP contribution in [-0.4, -0.2) is 36.0 Å². The molecule has 26 heavy (non-hydrogen) atoms. The van der Waals surface area contributed by atoms with Crippen molar-refractivity contribution >= 4 is 50.5 Å². The van der Waals surface area contributed by atoms with Crippen molar-refractivity contribution in [2.24, 2.45) is 0 Å². The fourth-order valence-corrected chi connectivity index (χ4v) is 4.43. The molecule has 0 radical (unpaired) electrons. The molecule has 0 atom stereocenters. The number of para-hydroxylation sites is 1. The minimum atomic E-state index is -0.256. The summed E-state index contributed by atoms with van der Waals surface area (Å²) in [4.78, 5) is 23.7. The number of carbonyl (C=O) groups excluding carboxylic acids is 2. The molecule has 0 fully saturated rings. The summed E-state index contributed by atoms with van der Waals surface area (Å²) in [6.45, 7) is 4.55. The van der Waals surface area contributed by atoms with Crippen LogP contribution in [0.3, 0.4) is 0 Å². The van der Waals surface area contributed by atoms with Gasteiger partial charge in [-0.1, -0.05) is 12.1 Å². The van der Waals surface area contributed by atoms with Crippen molar-refractivity contribution < 1.29 is 19.1 Å². The molecule has 0 N–H and O–H groups in total. The minimum absolute atomic E-state index is 0.168. The second-order valence-electron chi connectivity index (χ2n) is 5.67. The number of carbonyl (C=O) groups is 2. The van der Waals surface area contributed by atoms with Crippen LogP contribution in [0.5, 0.6) is 0 Å². The van der Waals surface area contributed by atoms with E-state index in [0.717, 1.165) is 32.4 Å². The number of thioether (sulfide) groups is 1. The molecule has 0 aliphatic heterocycles. The van der Waals surface area contributed by atoms with Crippen molar-refractivity contribution in [3.05, 3.63) is 28.2 Å². The molecule has 5 nitrogen and oxygen atoms in total. The van der Waals surface area contributed by atoms with Crippen LogP contribution in [0.1, 0.15) is 32.3 Å². The van der Waals surface area contributed by atoms with Crippen molar-refractivity contribution in [3.63, 3.8) is 0 Å². The lowest BCUT2D eigenvalue weighted by Crippen LogP contribution is -2.14. The van der Waals surface area contributed by atoms with Gasteiger partial charge in [0.05, 0.1) is 23.8 Å². The van der Waals surface area contributed by atoms with Crippen LogP contribution in [0.25, 0.3) is 10.9 Å². The van der Waals surface area contributed by atoms with Crippen LogP contribution in [0.15, 0.2) is 27.7 Å². The molecule has 0 aliphatic rings. The van der Waals surface area contributed by atoms with Gasteiger partial charge in [0.1, 0.15) is 6.54 Å². The quantitative estimate of drug-likeness (QED) is 0.421. The number of aryl methyl sites for hydroxylation is 1. The Bertz CT molecular complexity index is 787. The minimum Gasteiger partial charge on any atom is -0.466 e. The Morgan fingerprint density at radius 2 is 1.85 bits per heavy atom. The smallest absolute Gasteiger partial charge is 0.325 e. The number of halogens is 1. The van der Waals surface area contributed by atoms with E-state index in [4.69, 9.17) is 9.47 Å². The van der Waals surface area contributed by atoms with E-state index in [1.54, 1.807) is 18.7 Å². The summed E-state index contributed by atoms with van der Waals surface area (Å²) in [6, 6.07) is 6.01. The number of hydrogen-bond donors (Lipinski definition) is 0. The van der Waals surface area contributed by atoms with Gasteiger partial charge in [-0.2, -0.15) is 0 Å². The molecule has 0 saturated carbocycles. The zero-order chi connectivity index (χ0) is 19.1. The highest BCUT2D eigenvalue weighted by atomic mass is 79.9. The van der Waals surface area contributed by atoms with E-state index in [1.807, 2.05) is 29.9 Å². The predicted molar refractivity (Wildman–Crippen MR) is 108 cm³/mol. The molecule has 1 aromatic heterocycles. The highest BCUT2D eigenvalue weighted by molar-refractivity contribution is 9.10. The van der Waals surface area contributed by atoms with Crippen LogP contribution in [0, 0.1) is 0 Å². The summed E-state index contributed by atoms with van der Waals surface area (Å²) < 4.78 is 13.1. The van der Waals surface area contributed by atoms with Crippen LogP contribution in [0.2, 0.25) is 0 Å². The highest BCUT2D eigenvalue weighted by Gasteiger charge is 2.20. The van der Waals surface area contributed by atoms with Crippen molar-refractivity contribution in [2.75, 3.05) is 19.5 Å². The van der Waals surface area contributed by atoms with E-state index in [0.29, 0.717) is 26.1 Å². The fraction of sp³-hybridized carbons (Fsp3) is 0.474. The number of hydrogen-bond acceptors (Lipinski definition) is 5. The van der Waals surface area contributed by atoms with E-state index in [9.17, 15) is 9.59 Å². The maximum Gasteiger partial charge on any atom is 0.325 e. The van der Waals surface area contributed by atoms with Crippen LogP contribution in [-0.2, 0) is 32.0 Å². The number of esters is 2. The molecule has 1 heterocycles. The first kappa shape index (κ1) is 20.8. The van der Waals surface area contributed by atoms with E-state index >= 15 is 0 Å². The summed E-state index contributed by atoms with van der Waals surface area (Å²) >= 11 is 5.21. The molecule has 142 valence electrons. The van der Waals surface area contributed by atoms with E-state index < -0.39 is 0 Å². The lowest BCUT2D eigenvalue weighted by Gasteiger charge is -2.10. The standard InChI is InChI=1S/C19H24BrNO4S/c1-4-24-16(22)11-7-9-14-13-8-6-10-15(20)18(13)21(19(14)26-3)12-17(23)25-5-2/h6,8,10H,4-5,7,9,11-12H2,1-3H3. The molecule has 0 aliphatic carbocycles. The van der Waals surface area contributed by atoms with Crippen LogP contribution in [0.4, 0.5) is 0 Å². The lowest BCUT2D eigenvalue weighted by atomic mass is 10.1. The molecule has 0 spiro atoms. The maximum absolute atomic E-state index is 12.1. The Balaban J connectivity index is 2.37. The molecule has 0 saturated heterocycles. The average molecular weight is 442 g/mol. The van der Waals surface area contributed by atoms with Gasteiger partial charge < -0.3 is 14.0 Å². The topological polar surface area (TPSA) is 57.5 Å². The third-order valence-electron chi connectivity index (χ3n) is 3.98. The normalized spacial score (nSPS) is 10.9. The summed E-state index contributed by atoms with van der Waals surface area (Å²) in [5.74, 6) is -0.428. The van der Waals surface area contributed by atoms with Crippen molar-refractivity contribution in [1.29, 1.82) is 0 Å². The van der Waals surface area contributed by atoms with E-state index in [-0.39, 0.29) is 18.5 Å². The van der Waals surface area contributed by atoms with Gasteiger partial charge in [-0.15, -0.1) is 11.8 Å². The number of ether oxygens (including phenoxy) is 2. The second-order valence-corrected chi connectivity index (χ2v) is 7.32. The average Bonchev–Trinajstić information content (AvgIpc) is 2.89. The first-order valence-corrected chi connectivity index (χ1v) is 10.7. The van der Waals surface area contributed by atoms with Crippen LogP contribution < -0.4 is 0 Å². The number of nitrogens with zero attached hydrogens (tertiary/aromatic N) is 1. The number of fused-ring (bicyclic) bond motifs is 1. The molecule has 7 heteroatoms. The van der Waals surface area contributed by atoms with Crippen LogP contribution >= 0.6 is 27.7 Å². The van der Waals surface area contributed by atoms with Gasteiger partial charge >= 0.3 is 11.9 Å². The zero-order valence-corrected chi connectivity index (χ0v) is 17.7. The Kier molecular flexibility index (Phi) is 8.03. The maximum atomic E-state index is 12.1. The SMILES string of the molecule is CCOC(=O)CCCc1c(SC)n(CC(=O)OCC)c2c(Br)cccc12. The number of aromatic nitrogens is 1. The first-order chi connectivity index (χ1) is 12.5. The van der Waals surface area contributed by atoms with Gasteiger partial charge in [0.15, 0.2) is 0 Å². The first-order valence-electron chi connectivity index (χ1n) is 8.68. The van der Waals surface area contributed by atoms with Gasteiger partial charge in [-0.3, -0.25) is 9.59 Å². The molecule has 0 bridgehead atoms. The van der Waals surface area contributed by atoms with Gasteiger partial charge in [0, 0.05) is 16.3 Å². The summed E-state index contributed by atoms with van der Waals surface area (Å²) in [5.41, 5.74) is 2.14. The molecular weight excluding hydrogens is 418 g/mol. The number of rotatable bonds is 9. The lowest BCUT2D eigenvalue weighted by molar-refractivity contribution is -0.144. The number of benzene rings is 1. The zero-order valence-electron chi connectivity index (χ0n) is 15.3. The highest BCUT2D eigenvalue weighted by Crippen LogP contribution is 2.37. The van der Waals surface area contributed by atoms with Gasteiger partial charge in [0.25, 0.3) is 0 Å². The largest absolute Gasteiger partial charge is 0.466 e. The molecule has 0 amide bonds. The summed E-state index contributed by atoms with van der Waals surface area (Å²) in [5, 5.41) is 2.13. The van der Waals surface area contributed by atoms with E-state index in [2.05, 4.69) is 22.0 Å². The molecule has 2 rings (SSSR count). The predicted octanol–water partition coefficient (Wildman–Crippen LogP) is 4.57. The van der Waals surface area contributed by atoms with Gasteiger partial charge in [-0.05, 0) is 60.5 Å². The van der Waals surface area contributed by atoms with E-state index in [1.165, 1.54) is 0 Å². The Hall–Kier alpha value is -1.47. The Morgan fingerprint density at radius 1 is 1.15 bits per heavy atom. The fourth-order valence-electron chi connectivity index (χ4n) is 3.02. The monoisotopic (exact) mass is 441 g/mol. The van der Waals surface area contributed by atoms with Gasteiger partial charge in [-0.25, -0.2) is 0 Å². The summed E-state index contributed by atoms with van der Waals surface area (Å²) in [6.07, 6.45) is 3.84. The Morgan fingerprint density at radius 3 is 2.50 bits per heavy atom. The third kappa shape index (κ3) is 4.82. The van der Waals surface area contributed by atoms with Gasteiger partial charge in [0.2, 0.25) is 0 Å². The Labute approximate surface area is 166 Å². The second kappa shape index (κ2) is 10.0. The van der Waals surface area contributed by atoms with Crippen molar-refractivity contribution in [2.45, 2.75) is 44.7 Å². The molecular formula is C19H24BrNO4S. The molecule has 1 aromatic carbocycles. The third-order valence-corrected chi connectivity index (χ3v) is 5.48. The molecule has 2 aromatic rings. The van der Waals surface area contributed by atoms with Crippen molar-refractivity contribution in [1.82, 2.24) is 4.57 Å². The summed E-state index contributed by atoms with van der Waals surface area (Å²) in [7, 11) is 0.